The zero-order chi connectivity index (χ0) is 21.0. The van der Waals surface area contributed by atoms with Crippen LogP contribution in [0.5, 0.6) is 0 Å². The molecule has 1 aromatic rings. The fourth-order valence-electron chi connectivity index (χ4n) is 2.93. The van der Waals surface area contributed by atoms with E-state index >= 15 is 0 Å². The lowest BCUT2D eigenvalue weighted by molar-refractivity contribution is -0.206. The monoisotopic (exact) mass is 402 g/mol. The van der Waals surface area contributed by atoms with Crippen molar-refractivity contribution in [2.75, 3.05) is 13.1 Å². The minimum absolute atomic E-state index is 0.0469. The van der Waals surface area contributed by atoms with Crippen molar-refractivity contribution in [3.63, 3.8) is 0 Å². The molecule has 9 heteroatoms. The van der Waals surface area contributed by atoms with Crippen LogP contribution in [-0.4, -0.2) is 47.5 Å². The predicted octanol–water partition coefficient (Wildman–Crippen LogP) is 4.24. The van der Waals surface area contributed by atoms with Crippen LogP contribution in [0.4, 0.5) is 22.8 Å². The first-order valence-corrected chi connectivity index (χ1v) is 8.95. The lowest BCUT2D eigenvalue weighted by Crippen LogP contribution is -2.67. The Balaban J connectivity index is 2.08. The number of hydrogen-bond acceptors (Lipinski definition) is 4. The van der Waals surface area contributed by atoms with Crippen molar-refractivity contribution in [1.29, 1.82) is 0 Å². The van der Waals surface area contributed by atoms with Crippen LogP contribution < -0.4 is 5.32 Å². The number of nitrogens with one attached hydrogen (secondary N) is 1. The van der Waals surface area contributed by atoms with Gasteiger partial charge in [-0.1, -0.05) is 30.3 Å². The standard InChI is InChI=1S/C19H25F3N2O4/c1-17(2,3)28-15(25)23-18(19(20,21)22)10-7-11-24(13-18)16(26)27-12-14-8-5-4-6-9-14/h4-6,8-9H,7,10-13H2,1-3H3,(H,23,25)/t18-/m0/s1. The van der Waals surface area contributed by atoms with Gasteiger partial charge in [-0.05, 0) is 39.2 Å². The van der Waals surface area contributed by atoms with Crippen molar-refractivity contribution in [2.45, 2.75) is 57.5 Å². The van der Waals surface area contributed by atoms with E-state index in [0.717, 1.165) is 10.5 Å². The second-order valence-corrected chi connectivity index (χ2v) is 7.77. The largest absolute Gasteiger partial charge is 0.445 e. The summed E-state index contributed by atoms with van der Waals surface area (Å²) in [7, 11) is 0. The van der Waals surface area contributed by atoms with E-state index in [2.05, 4.69) is 0 Å². The highest BCUT2D eigenvalue weighted by molar-refractivity contribution is 5.70. The molecule has 0 radical (unpaired) electrons. The van der Waals surface area contributed by atoms with Gasteiger partial charge >= 0.3 is 18.4 Å². The van der Waals surface area contributed by atoms with E-state index in [9.17, 15) is 22.8 Å². The van der Waals surface area contributed by atoms with Crippen LogP contribution in [0.15, 0.2) is 30.3 Å². The van der Waals surface area contributed by atoms with Gasteiger partial charge in [-0.25, -0.2) is 9.59 Å². The van der Waals surface area contributed by atoms with Crippen molar-refractivity contribution in [3.05, 3.63) is 35.9 Å². The second kappa shape index (κ2) is 8.28. The number of ether oxygens (including phenoxy) is 2. The number of alkyl halides is 3. The van der Waals surface area contributed by atoms with Gasteiger partial charge < -0.3 is 19.7 Å². The lowest BCUT2D eigenvalue weighted by atomic mass is 9.88. The van der Waals surface area contributed by atoms with Gasteiger partial charge in [-0.15, -0.1) is 0 Å². The third kappa shape index (κ3) is 5.77. The molecule has 1 atom stereocenters. The van der Waals surface area contributed by atoms with Crippen LogP contribution in [0.3, 0.4) is 0 Å². The number of nitrogens with zero attached hydrogens (tertiary/aromatic N) is 1. The highest BCUT2D eigenvalue weighted by Crippen LogP contribution is 2.38. The number of rotatable bonds is 3. The van der Waals surface area contributed by atoms with E-state index in [1.54, 1.807) is 51.1 Å². The summed E-state index contributed by atoms with van der Waals surface area (Å²) in [6.45, 7) is 4.00. The summed E-state index contributed by atoms with van der Waals surface area (Å²) in [6.07, 6.45) is -7.08. The Morgan fingerprint density at radius 1 is 1.18 bits per heavy atom. The summed E-state index contributed by atoms with van der Waals surface area (Å²) in [5, 5.41) is 1.95. The number of halogens is 3. The molecule has 0 unspecified atom stereocenters. The zero-order valence-electron chi connectivity index (χ0n) is 16.1. The van der Waals surface area contributed by atoms with Crippen molar-refractivity contribution in [3.8, 4) is 0 Å². The number of alkyl carbamates (subject to hydrolysis) is 1. The summed E-state index contributed by atoms with van der Waals surface area (Å²) in [5.41, 5.74) is -2.80. The van der Waals surface area contributed by atoms with E-state index in [4.69, 9.17) is 9.47 Å². The topological polar surface area (TPSA) is 67.9 Å². The van der Waals surface area contributed by atoms with E-state index in [1.165, 1.54) is 0 Å². The van der Waals surface area contributed by atoms with Crippen molar-refractivity contribution in [2.24, 2.45) is 0 Å². The van der Waals surface area contributed by atoms with Gasteiger partial charge in [0, 0.05) is 6.54 Å². The summed E-state index contributed by atoms with van der Waals surface area (Å²) in [5.74, 6) is 0. The smallest absolute Gasteiger partial charge is 0.413 e. The predicted molar refractivity (Wildman–Crippen MR) is 95.6 cm³/mol. The molecule has 2 rings (SSSR count). The van der Waals surface area contributed by atoms with Crippen LogP contribution in [-0.2, 0) is 16.1 Å². The van der Waals surface area contributed by atoms with Gasteiger partial charge in [-0.2, -0.15) is 13.2 Å². The summed E-state index contributed by atoms with van der Waals surface area (Å²) < 4.78 is 51.6. The van der Waals surface area contributed by atoms with Gasteiger partial charge in [-0.3, -0.25) is 0 Å². The van der Waals surface area contributed by atoms with Gasteiger partial charge in [0.1, 0.15) is 12.2 Å². The number of carbonyl (C=O) groups is 2. The Bertz CT molecular complexity index is 689. The highest BCUT2D eigenvalue weighted by Gasteiger charge is 2.58. The molecule has 6 nitrogen and oxygen atoms in total. The number of piperidine rings is 1. The summed E-state index contributed by atoms with van der Waals surface area (Å²) in [6, 6.07) is 8.82. The van der Waals surface area contributed by atoms with E-state index in [1.807, 2.05) is 5.32 Å². The van der Waals surface area contributed by atoms with Crippen LogP contribution in [0, 0.1) is 0 Å². The molecule has 1 heterocycles. The fraction of sp³-hybridized carbons (Fsp3) is 0.579. The van der Waals surface area contributed by atoms with Gasteiger partial charge in [0.2, 0.25) is 0 Å². The molecule has 156 valence electrons. The maximum absolute atomic E-state index is 13.8. The number of amides is 2. The third-order valence-corrected chi connectivity index (χ3v) is 4.24. The Kier molecular flexibility index (Phi) is 6.46. The SMILES string of the molecule is CC(C)(C)OC(=O)N[C@@]1(C(F)(F)F)CCCN(C(=O)OCc2ccccc2)C1. The number of likely N-dealkylation sites (tertiary alicyclic amines) is 1. The molecule has 1 N–H and O–H groups in total. The molecule has 1 fully saturated rings. The fourth-order valence-corrected chi connectivity index (χ4v) is 2.93. The molecule has 1 saturated heterocycles. The average Bonchev–Trinajstić information content (AvgIpc) is 2.58. The van der Waals surface area contributed by atoms with Crippen molar-refractivity contribution in [1.82, 2.24) is 10.2 Å². The Labute approximate surface area is 162 Å². The number of benzene rings is 1. The van der Waals surface area contributed by atoms with Crippen LogP contribution in [0.25, 0.3) is 0 Å². The molecule has 28 heavy (non-hydrogen) atoms. The molecular formula is C19H25F3N2O4. The van der Waals surface area contributed by atoms with Crippen molar-refractivity contribution < 1.29 is 32.2 Å². The van der Waals surface area contributed by atoms with E-state index in [-0.39, 0.29) is 26.0 Å². The average molecular weight is 402 g/mol. The first kappa shape index (κ1) is 21.8. The normalized spacial score (nSPS) is 20.4. The number of carbonyl (C=O) groups excluding carboxylic acids is 2. The first-order valence-electron chi connectivity index (χ1n) is 8.95. The van der Waals surface area contributed by atoms with Crippen molar-refractivity contribution >= 4 is 12.2 Å². The van der Waals surface area contributed by atoms with Gasteiger partial charge in [0.25, 0.3) is 0 Å². The maximum Gasteiger partial charge on any atom is 0.413 e. The Hall–Kier alpha value is -2.45. The summed E-state index contributed by atoms with van der Waals surface area (Å²) >= 11 is 0. The number of hydrogen-bond donors (Lipinski definition) is 1. The van der Waals surface area contributed by atoms with Crippen LogP contribution in [0.2, 0.25) is 0 Å². The molecule has 0 bridgehead atoms. The summed E-state index contributed by atoms with van der Waals surface area (Å²) in [4.78, 5) is 25.3. The molecule has 0 aromatic heterocycles. The molecular weight excluding hydrogens is 377 g/mol. The van der Waals surface area contributed by atoms with Crippen LogP contribution >= 0.6 is 0 Å². The Morgan fingerprint density at radius 3 is 2.39 bits per heavy atom. The molecule has 1 aliphatic rings. The Morgan fingerprint density at radius 2 is 1.82 bits per heavy atom. The lowest BCUT2D eigenvalue weighted by Gasteiger charge is -2.43. The van der Waals surface area contributed by atoms with Gasteiger partial charge in [0.15, 0.2) is 5.54 Å². The zero-order valence-corrected chi connectivity index (χ0v) is 16.1. The molecule has 0 saturated carbocycles. The molecule has 1 aromatic carbocycles. The highest BCUT2D eigenvalue weighted by atomic mass is 19.4. The molecule has 1 aliphatic heterocycles. The molecule has 2 amide bonds. The molecule has 0 aliphatic carbocycles. The third-order valence-electron chi connectivity index (χ3n) is 4.24. The minimum atomic E-state index is -4.76. The van der Waals surface area contributed by atoms with E-state index < -0.39 is 36.0 Å². The molecule has 0 spiro atoms. The quantitative estimate of drug-likeness (QED) is 0.821. The second-order valence-electron chi connectivity index (χ2n) is 7.77. The van der Waals surface area contributed by atoms with E-state index in [0.29, 0.717) is 0 Å². The van der Waals surface area contributed by atoms with Gasteiger partial charge in [0.05, 0.1) is 6.54 Å². The first-order chi connectivity index (χ1) is 12.9. The maximum atomic E-state index is 13.8. The minimum Gasteiger partial charge on any atom is -0.445 e. The van der Waals surface area contributed by atoms with Crippen LogP contribution in [0.1, 0.15) is 39.2 Å².